The third-order valence-corrected chi connectivity index (χ3v) is 2.79. The van der Waals surface area contributed by atoms with Crippen LogP contribution in [0.5, 0.6) is 0 Å². The molecule has 1 heterocycles. The zero-order chi connectivity index (χ0) is 13.8. The minimum absolute atomic E-state index is 0.176. The number of carbonyl (C=O) groups is 1. The van der Waals surface area contributed by atoms with Gasteiger partial charge in [-0.2, -0.15) is 5.21 Å². The van der Waals surface area contributed by atoms with Crippen molar-refractivity contribution in [1.82, 2.24) is 25.9 Å². The number of nitrogens with zero attached hydrogens (tertiary/aromatic N) is 3. The summed E-state index contributed by atoms with van der Waals surface area (Å²) in [5.74, 6) is 0.275. The van der Waals surface area contributed by atoms with Gasteiger partial charge in [0.15, 0.2) is 5.82 Å². The number of aromatic amines is 1. The van der Waals surface area contributed by atoms with Crippen LogP contribution in [0.15, 0.2) is 18.2 Å². The van der Waals surface area contributed by atoms with Crippen molar-refractivity contribution in [3.63, 3.8) is 0 Å². The highest BCUT2D eigenvalue weighted by Crippen LogP contribution is 2.17. The van der Waals surface area contributed by atoms with Gasteiger partial charge in [-0.05, 0) is 26.0 Å². The van der Waals surface area contributed by atoms with Crippen LogP contribution in [0.2, 0.25) is 0 Å². The molecule has 0 spiro atoms. The summed E-state index contributed by atoms with van der Waals surface area (Å²) in [5.41, 5.74) is 2.40. The number of carbonyl (C=O) groups excluding carboxylic acids is 1. The smallest absolute Gasteiger partial charge is 0.253 e. The van der Waals surface area contributed by atoms with E-state index in [9.17, 15) is 4.79 Å². The molecule has 0 saturated heterocycles. The van der Waals surface area contributed by atoms with Crippen molar-refractivity contribution in [1.29, 1.82) is 0 Å². The molecule has 0 bridgehead atoms. The fraction of sp³-hybridized carbons (Fsp3) is 0.333. The van der Waals surface area contributed by atoms with E-state index in [2.05, 4.69) is 31.3 Å². The van der Waals surface area contributed by atoms with Crippen molar-refractivity contribution in [3.8, 4) is 0 Å². The van der Waals surface area contributed by atoms with Crippen LogP contribution in [0, 0.1) is 6.92 Å². The summed E-state index contributed by atoms with van der Waals surface area (Å²) in [5, 5.41) is 19.4. The Bertz CT molecular complexity index is 566. The molecule has 0 fully saturated rings. The van der Waals surface area contributed by atoms with Gasteiger partial charge in [0.25, 0.3) is 5.91 Å². The van der Waals surface area contributed by atoms with Crippen LogP contribution in [-0.4, -0.2) is 33.6 Å². The Morgan fingerprint density at radius 2 is 2.21 bits per heavy atom. The molecule has 0 aliphatic heterocycles. The molecule has 1 unspecified atom stereocenters. The van der Waals surface area contributed by atoms with Gasteiger partial charge in [-0.15, -0.1) is 10.2 Å². The van der Waals surface area contributed by atoms with Crippen LogP contribution in [0.1, 0.15) is 34.7 Å². The molecule has 1 atom stereocenters. The molecule has 7 heteroatoms. The zero-order valence-electron chi connectivity index (χ0n) is 11.1. The predicted octanol–water partition coefficient (Wildman–Crippen LogP) is 1.04. The molecule has 7 nitrogen and oxygen atoms in total. The van der Waals surface area contributed by atoms with Crippen molar-refractivity contribution in [2.24, 2.45) is 0 Å². The van der Waals surface area contributed by atoms with Crippen molar-refractivity contribution < 1.29 is 4.79 Å². The maximum Gasteiger partial charge on any atom is 0.253 e. The Morgan fingerprint density at radius 3 is 2.84 bits per heavy atom. The lowest BCUT2D eigenvalue weighted by molar-refractivity contribution is 0.0939. The summed E-state index contributed by atoms with van der Waals surface area (Å²) < 4.78 is 0. The number of rotatable bonds is 4. The van der Waals surface area contributed by atoms with Gasteiger partial charge in [-0.25, -0.2) is 0 Å². The van der Waals surface area contributed by atoms with E-state index in [1.807, 2.05) is 25.1 Å². The molecular weight excluding hydrogens is 244 g/mol. The summed E-state index contributed by atoms with van der Waals surface area (Å²) in [6, 6.07) is 5.36. The number of amides is 1. The normalized spacial score (nSPS) is 11.9. The fourth-order valence-corrected chi connectivity index (χ4v) is 1.76. The quantitative estimate of drug-likeness (QED) is 0.763. The number of tetrazole rings is 1. The van der Waals surface area contributed by atoms with Crippen LogP contribution in [-0.2, 0) is 0 Å². The molecule has 2 aromatic rings. The Morgan fingerprint density at radius 1 is 1.42 bits per heavy atom. The molecule has 0 aliphatic rings. The second kappa shape index (κ2) is 5.47. The molecule has 0 aliphatic carbocycles. The third kappa shape index (κ3) is 2.87. The number of hydrogen-bond acceptors (Lipinski definition) is 5. The molecule has 1 aromatic heterocycles. The SMILES string of the molecule is CNc1ccc(C)cc1C(=O)NC(C)c1nn[nH]n1. The van der Waals surface area contributed by atoms with E-state index in [1.54, 1.807) is 14.0 Å². The van der Waals surface area contributed by atoms with E-state index in [0.29, 0.717) is 11.4 Å². The van der Waals surface area contributed by atoms with E-state index in [-0.39, 0.29) is 11.9 Å². The van der Waals surface area contributed by atoms with Crippen LogP contribution < -0.4 is 10.6 Å². The molecule has 100 valence electrons. The summed E-state index contributed by atoms with van der Waals surface area (Å²) in [7, 11) is 1.78. The van der Waals surface area contributed by atoms with Crippen LogP contribution in [0.3, 0.4) is 0 Å². The second-order valence-electron chi connectivity index (χ2n) is 4.26. The van der Waals surface area contributed by atoms with Crippen molar-refractivity contribution in [2.45, 2.75) is 19.9 Å². The molecular formula is C12H16N6O. The summed E-state index contributed by atoms with van der Waals surface area (Å²) in [6.45, 7) is 3.75. The van der Waals surface area contributed by atoms with E-state index in [0.717, 1.165) is 11.3 Å². The van der Waals surface area contributed by atoms with Gasteiger partial charge in [-0.3, -0.25) is 4.79 Å². The van der Waals surface area contributed by atoms with Gasteiger partial charge in [0.05, 0.1) is 11.6 Å². The number of benzene rings is 1. The van der Waals surface area contributed by atoms with Crippen LogP contribution in [0.25, 0.3) is 0 Å². The molecule has 1 amide bonds. The number of aromatic nitrogens is 4. The number of nitrogens with one attached hydrogen (secondary N) is 3. The minimum atomic E-state index is -0.309. The largest absolute Gasteiger partial charge is 0.387 e. The number of anilines is 1. The molecule has 1 aromatic carbocycles. The molecule has 0 saturated carbocycles. The van der Waals surface area contributed by atoms with Gasteiger partial charge in [0.2, 0.25) is 0 Å². The Hall–Kier alpha value is -2.44. The first-order valence-electron chi connectivity index (χ1n) is 5.94. The number of hydrogen-bond donors (Lipinski definition) is 3. The van der Waals surface area contributed by atoms with Crippen molar-refractivity contribution in [3.05, 3.63) is 35.2 Å². The standard InChI is InChI=1S/C12H16N6O/c1-7-4-5-10(13-3)9(6-7)12(19)14-8(2)11-15-17-18-16-11/h4-6,8,13H,1-3H3,(H,14,19)(H,15,16,17,18). The maximum absolute atomic E-state index is 12.2. The highest BCUT2D eigenvalue weighted by atomic mass is 16.1. The van der Waals surface area contributed by atoms with Crippen molar-refractivity contribution in [2.75, 3.05) is 12.4 Å². The van der Waals surface area contributed by atoms with Crippen LogP contribution in [0.4, 0.5) is 5.69 Å². The first kappa shape index (κ1) is 13.0. The van der Waals surface area contributed by atoms with Gasteiger partial charge < -0.3 is 10.6 Å². The first-order chi connectivity index (χ1) is 9.11. The van der Waals surface area contributed by atoms with E-state index in [4.69, 9.17) is 0 Å². The Kier molecular flexibility index (Phi) is 3.74. The molecule has 2 rings (SSSR count). The second-order valence-corrected chi connectivity index (χ2v) is 4.26. The molecule has 0 radical (unpaired) electrons. The van der Waals surface area contributed by atoms with Crippen molar-refractivity contribution >= 4 is 11.6 Å². The average Bonchev–Trinajstić information content (AvgIpc) is 2.92. The summed E-state index contributed by atoms with van der Waals surface area (Å²) >= 11 is 0. The third-order valence-electron chi connectivity index (χ3n) is 2.79. The predicted molar refractivity (Wildman–Crippen MR) is 70.8 cm³/mol. The molecule has 19 heavy (non-hydrogen) atoms. The van der Waals surface area contributed by atoms with Crippen LogP contribution >= 0.6 is 0 Å². The minimum Gasteiger partial charge on any atom is -0.387 e. The lowest BCUT2D eigenvalue weighted by atomic mass is 10.1. The van der Waals surface area contributed by atoms with Gasteiger partial charge in [0, 0.05) is 12.7 Å². The lowest BCUT2D eigenvalue weighted by Gasteiger charge is -2.13. The zero-order valence-corrected chi connectivity index (χ0v) is 11.1. The maximum atomic E-state index is 12.2. The van der Waals surface area contributed by atoms with Gasteiger partial charge >= 0.3 is 0 Å². The van der Waals surface area contributed by atoms with Gasteiger partial charge in [0.1, 0.15) is 0 Å². The number of aryl methyl sites for hydroxylation is 1. The van der Waals surface area contributed by atoms with E-state index in [1.165, 1.54) is 0 Å². The number of H-pyrrole nitrogens is 1. The summed E-state index contributed by atoms with van der Waals surface area (Å²) in [6.07, 6.45) is 0. The first-order valence-corrected chi connectivity index (χ1v) is 5.94. The molecule has 3 N–H and O–H groups in total. The monoisotopic (exact) mass is 260 g/mol. The summed E-state index contributed by atoms with van der Waals surface area (Å²) in [4.78, 5) is 12.2. The van der Waals surface area contributed by atoms with Gasteiger partial charge in [-0.1, -0.05) is 16.8 Å². The Labute approximate surface area is 110 Å². The lowest BCUT2D eigenvalue weighted by Crippen LogP contribution is -2.28. The topological polar surface area (TPSA) is 95.6 Å². The average molecular weight is 260 g/mol. The highest BCUT2D eigenvalue weighted by molar-refractivity contribution is 5.99. The highest BCUT2D eigenvalue weighted by Gasteiger charge is 2.17. The van der Waals surface area contributed by atoms with E-state index >= 15 is 0 Å². The van der Waals surface area contributed by atoms with E-state index < -0.39 is 0 Å². The fourth-order valence-electron chi connectivity index (χ4n) is 1.76. The Balaban J connectivity index is 2.18.